The Hall–Kier alpha value is -1.36. The topological polar surface area (TPSA) is 57.8 Å². The van der Waals surface area contributed by atoms with E-state index in [0.29, 0.717) is 11.5 Å². The van der Waals surface area contributed by atoms with E-state index in [2.05, 4.69) is 31.4 Å². The van der Waals surface area contributed by atoms with Gasteiger partial charge >= 0.3 is 0 Å². The third-order valence-electron chi connectivity index (χ3n) is 3.01. The molecule has 1 saturated carbocycles. The Morgan fingerprint density at radius 1 is 1.53 bits per heavy atom. The van der Waals surface area contributed by atoms with Crippen LogP contribution in [0.4, 0.5) is 0 Å². The summed E-state index contributed by atoms with van der Waals surface area (Å²) in [7, 11) is 0. The molecule has 5 heteroatoms. The maximum Gasteiger partial charge on any atom is 0.251 e. The van der Waals surface area contributed by atoms with Crippen LogP contribution in [0.3, 0.4) is 0 Å². The minimum absolute atomic E-state index is 0.0132. The van der Waals surface area contributed by atoms with Crippen LogP contribution in [-0.4, -0.2) is 22.6 Å². The van der Waals surface area contributed by atoms with Gasteiger partial charge in [-0.05, 0) is 46.8 Å². The first-order chi connectivity index (χ1) is 8.24. The Kier molecular flexibility index (Phi) is 2.63. The van der Waals surface area contributed by atoms with Crippen LogP contribution in [0.1, 0.15) is 23.2 Å². The van der Waals surface area contributed by atoms with Gasteiger partial charge in [-0.3, -0.25) is 9.89 Å². The SMILES string of the molecule is O=C(NCC1CC1)c1cc(Br)c2[nH]ncc2c1. The summed E-state index contributed by atoms with van der Waals surface area (Å²) in [4.78, 5) is 11.9. The first-order valence-electron chi connectivity index (χ1n) is 5.65. The number of hydrogen-bond donors (Lipinski definition) is 2. The number of benzene rings is 1. The number of aromatic amines is 1. The van der Waals surface area contributed by atoms with Crippen LogP contribution in [0.25, 0.3) is 10.9 Å². The molecule has 0 aliphatic heterocycles. The standard InChI is InChI=1S/C12H12BrN3O/c13-10-4-8(3-9-6-15-16-11(9)10)12(17)14-5-7-1-2-7/h3-4,6-7H,1-2,5H2,(H,14,17)(H,15,16). The smallest absolute Gasteiger partial charge is 0.251 e. The molecule has 2 aromatic rings. The van der Waals surface area contributed by atoms with E-state index in [1.807, 2.05) is 12.1 Å². The van der Waals surface area contributed by atoms with E-state index in [1.54, 1.807) is 6.20 Å². The molecule has 1 aliphatic rings. The molecule has 1 aliphatic carbocycles. The Labute approximate surface area is 107 Å². The van der Waals surface area contributed by atoms with Gasteiger partial charge in [0.05, 0.1) is 11.7 Å². The number of carbonyl (C=O) groups is 1. The van der Waals surface area contributed by atoms with E-state index >= 15 is 0 Å². The molecule has 2 N–H and O–H groups in total. The second-order valence-electron chi connectivity index (χ2n) is 4.45. The van der Waals surface area contributed by atoms with Crippen LogP contribution < -0.4 is 5.32 Å². The van der Waals surface area contributed by atoms with E-state index in [4.69, 9.17) is 0 Å². The van der Waals surface area contributed by atoms with Crippen molar-refractivity contribution in [3.05, 3.63) is 28.4 Å². The number of aromatic nitrogens is 2. The summed E-state index contributed by atoms with van der Waals surface area (Å²) in [5, 5.41) is 10.7. The number of H-pyrrole nitrogens is 1. The van der Waals surface area contributed by atoms with Gasteiger partial charge in [0.1, 0.15) is 0 Å². The fraction of sp³-hybridized carbons (Fsp3) is 0.333. The highest BCUT2D eigenvalue weighted by Crippen LogP contribution is 2.28. The largest absolute Gasteiger partial charge is 0.352 e. The maximum atomic E-state index is 11.9. The number of fused-ring (bicyclic) bond motifs is 1. The summed E-state index contributed by atoms with van der Waals surface area (Å²) >= 11 is 3.44. The van der Waals surface area contributed by atoms with E-state index < -0.39 is 0 Å². The van der Waals surface area contributed by atoms with Crippen LogP contribution in [-0.2, 0) is 0 Å². The summed E-state index contributed by atoms with van der Waals surface area (Å²) < 4.78 is 0.865. The average Bonchev–Trinajstić information content (AvgIpc) is 3.02. The maximum absolute atomic E-state index is 11.9. The Morgan fingerprint density at radius 2 is 2.35 bits per heavy atom. The van der Waals surface area contributed by atoms with Crippen LogP contribution in [0.15, 0.2) is 22.8 Å². The molecule has 0 unspecified atom stereocenters. The molecule has 0 radical (unpaired) electrons. The molecule has 0 saturated heterocycles. The second kappa shape index (κ2) is 4.14. The minimum Gasteiger partial charge on any atom is -0.352 e. The number of nitrogens with one attached hydrogen (secondary N) is 2. The van der Waals surface area contributed by atoms with Crippen molar-refractivity contribution in [2.75, 3.05) is 6.54 Å². The van der Waals surface area contributed by atoms with E-state index in [1.165, 1.54) is 12.8 Å². The predicted octanol–water partition coefficient (Wildman–Crippen LogP) is 2.47. The summed E-state index contributed by atoms with van der Waals surface area (Å²) in [6.07, 6.45) is 4.20. The average molecular weight is 294 g/mol. The van der Waals surface area contributed by atoms with E-state index in [-0.39, 0.29) is 5.91 Å². The third kappa shape index (κ3) is 2.20. The molecule has 0 atom stereocenters. The second-order valence-corrected chi connectivity index (χ2v) is 5.30. The van der Waals surface area contributed by atoms with Gasteiger partial charge in [-0.15, -0.1) is 0 Å². The van der Waals surface area contributed by atoms with Gasteiger partial charge in [-0.2, -0.15) is 5.10 Å². The highest BCUT2D eigenvalue weighted by molar-refractivity contribution is 9.10. The van der Waals surface area contributed by atoms with Crippen LogP contribution in [0, 0.1) is 5.92 Å². The lowest BCUT2D eigenvalue weighted by atomic mass is 10.1. The molecule has 3 rings (SSSR count). The molecule has 1 amide bonds. The van der Waals surface area contributed by atoms with Gasteiger partial charge in [0.25, 0.3) is 5.91 Å². The van der Waals surface area contributed by atoms with Crippen molar-refractivity contribution < 1.29 is 4.79 Å². The monoisotopic (exact) mass is 293 g/mol. The highest BCUT2D eigenvalue weighted by atomic mass is 79.9. The van der Waals surface area contributed by atoms with Crippen molar-refractivity contribution in [3.8, 4) is 0 Å². The lowest BCUT2D eigenvalue weighted by Gasteiger charge is -2.05. The van der Waals surface area contributed by atoms with Crippen molar-refractivity contribution in [3.63, 3.8) is 0 Å². The fourth-order valence-electron chi connectivity index (χ4n) is 1.81. The Morgan fingerprint density at radius 3 is 3.12 bits per heavy atom. The number of nitrogens with zero attached hydrogens (tertiary/aromatic N) is 1. The van der Waals surface area contributed by atoms with Crippen molar-refractivity contribution in [2.24, 2.45) is 5.92 Å². The molecular weight excluding hydrogens is 282 g/mol. The third-order valence-corrected chi connectivity index (χ3v) is 3.64. The number of halogens is 1. The molecule has 0 spiro atoms. The molecule has 1 fully saturated rings. The van der Waals surface area contributed by atoms with Crippen LogP contribution >= 0.6 is 15.9 Å². The molecule has 1 aromatic carbocycles. The quantitative estimate of drug-likeness (QED) is 0.913. The minimum atomic E-state index is -0.0132. The molecular formula is C12H12BrN3O. The van der Waals surface area contributed by atoms with E-state index in [9.17, 15) is 4.79 Å². The van der Waals surface area contributed by atoms with Gasteiger partial charge in [0.15, 0.2) is 0 Å². The number of hydrogen-bond acceptors (Lipinski definition) is 2. The zero-order valence-corrected chi connectivity index (χ0v) is 10.8. The number of amides is 1. The highest BCUT2D eigenvalue weighted by Gasteiger charge is 2.22. The molecule has 0 bridgehead atoms. The number of rotatable bonds is 3. The Bertz CT molecular complexity index is 574. The normalized spacial score (nSPS) is 15.1. The zero-order valence-electron chi connectivity index (χ0n) is 9.16. The fourth-order valence-corrected chi connectivity index (χ4v) is 2.37. The lowest BCUT2D eigenvalue weighted by Crippen LogP contribution is -2.25. The number of carbonyl (C=O) groups excluding carboxylic acids is 1. The van der Waals surface area contributed by atoms with Gasteiger partial charge in [0, 0.05) is 22.0 Å². The Balaban J connectivity index is 1.85. The van der Waals surface area contributed by atoms with Crippen molar-refractivity contribution in [2.45, 2.75) is 12.8 Å². The predicted molar refractivity (Wildman–Crippen MR) is 68.9 cm³/mol. The van der Waals surface area contributed by atoms with Gasteiger partial charge in [-0.1, -0.05) is 0 Å². The van der Waals surface area contributed by atoms with Crippen molar-refractivity contribution in [1.29, 1.82) is 0 Å². The summed E-state index contributed by atoms with van der Waals surface area (Å²) in [6.45, 7) is 0.792. The molecule has 4 nitrogen and oxygen atoms in total. The summed E-state index contributed by atoms with van der Waals surface area (Å²) in [6, 6.07) is 3.68. The lowest BCUT2D eigenvalue weighted by molar-refractivity contribution is 0.0952. The first-order valence-corrected chi connectivity index (χ1v) is 6.44. The van der Waals surface area contributed by atoms with Gasteiger partial charge < -0.3 is 5.32 Å². The molecule has 1 heterocycles. The van der Waals surface area contributed by atoms with E-state index in [0.717, 1.165) is 21.9 Å². The van der Waals surface area contributed by atoms with Gasteiger partial charge in [0.2, 0.25) is 0 Å². The molecule has 17 heavy (non-hydrogen) atoms. The van der Waals surface area contributed by atoms with Crippen LogP contribution in [0.2, 0.25) is 0 Å². The van der Waals surface area contributed by atoms with Crippen LogP contribution in [0.5, 0.6) is 0 Å². The molecule has 88 valence electrons. The summed E-state index contributed by atoms with van der Waals surface area (Å²) in [5.41, 5.74) is 1.59. The molecule has 1 aromatic heterocycles. The summed E-state index contributed by atoms with van der Waals surface area (Å²) in [5.74, 6) is 0.681. The first kappa shape index (κ1) is 10.8. The van der Waals surface area contributed by atoms with Gasteiger partial charge in [-0.25, -0.2) is 0 Å². The van der Waals surface area contributed by atoms with Crippen molar-refractivity contribution >= 4 is 32.7 Å². The van der Waals surface area contributed by atoms with Crippen molar-refractivity contribution in [1.82, 2.24) is 15.5 Å². The zero-order chi connectivity index (χ0) is 11.8.